The van der Waals surface area contributed by atoms with E-state index in [4.69, 9.17) is 4.74 Å². The first-order valence-corrected chi connectivity index (χ1v) is 8.84. The summed E-state index contributed by atoms with van der Waals surface area (Å²) in [7, 11) is -0.627. The van der Waals surface area contributed by atoms with Gasteiger partial charge in [-0.2, -0.15) is 0 Å². The fourth-order valence-corrected chi connectivity index (χ4v) is 2.65. The van der Waals surface area contributed by atoms with Crippen LogP contribution in [0.25, 0.3) is 0 Å². The summed E-state index contributed by atoms with van der Waals surface area (Å²) in [4.78, 5) is 23.4. The van der Waals surface area contributed by atoms with Crippen molar-refractivity contribution >= 4 is 27.6 Å². The van der Waals surface area contributed by atoms with Crippen LogP contribution in [0.15, 0.2) is 29.2 Å². The van der Waals surface area contributed by atoms with Gasteiger partial charge in [0.05, 0.1) is 11.3 Å². The molecule has 1 rings (SSSR count). The maximum absolute atomic E-state index is 11.9. The van der Waals surface area contributed by atoms with Crippen LogP contribution in [-0.2, 0) is 24.3 Å². The van der Waals surface area contributed by atoms with E-state index in [-0.39, 0.29) is 23.3 Å². The Morgan fingerprint density at radius 2 is 1.67 bits per heavy atom. The van der Waals surface area contributed by atoms with Gasteiger partial charge in [0.1, 0.15) is 0 Å². The van der Waals surface area contributed by atoms with Crippen LogP contribution in [0.3, 0.4) is 0 Å². The lowest BCUT2D eigenvalue weighted by Gasteiger charge is -2.16. The largest absolute Gasteiger partial charge is 0.456 e. The first kappa shape index (κ1) is 20.1. The van der Waals surface area contributed by atoms with Crippen molar-refractivity contribution in [2.45, 2.75) is 32.1 Å². The minimum atomic E-state index is -3.51. The molecule has 0 aliphatic carbocycles. The predicted octanol–water partition coefficient (Wildman–Crippen LogP) is 1.85. The molecule has 24 heavy (non-hydrogen) atoms. The Morgan fingerprint density at radius 1 is 1.12 bits per heavy atom. The van der Waals surface area contributed by atoms with E-state index in [1.54, 1.807) is 0 Å². The van der Waals surface area contributed by atoms with Crippen molar-refractivity contribution < 1.29 is 22.7 Å². The molecule has 0 heterocycles. The number of sulfonamides is 1. The lowest BCUT2D eigenvalue weighted by atomic mass is 9.93. The van der Waals surface area contributed by atoms with E-state index >= 15 is 0 Å². The molecule has 0 unspecified atom stereocenters. The van der Waals surface area contributed by atoms with E-state index in [0.29, 0.717) is 5.69 Å². The van der Waals surface area contributed by atoms with Crippen molar-refractivity contribution in [3.05, 3.63) is 24.3 Å². The summed E-state index contributed by atoms with van der Waals surface area (Å²) in [5, 5.41) is 2.54. The van der Waals surface area contributed by atoms with E-state index in [2.05, 4.69) is 5.32 Å². The Kier molecular flexibility index (Phi) is 6.50. The number of amides is 1. The fourth-order valence-electron chi connectivity index (χ4n) is 1.75. The van der Waals surface area contributed by atoms with Crippen LogP contribution in [0, 0.1) is 5.41 Å². The van der Waals surface area contributed by atoms with Crippen molar-refractivity contribution in [2.24, 2.45) is 5.41 Å². The van der Waals surface area contributed by atoms with E-state index in [9.17, 15) is 18.0 Å². The monoisotopic (exact) mass is 356 g/mol. The minimum absolute atomic E-state index is 0.127. The standard InChI is InChI=1S/C16H24N2O5S/c1-16(2,3)10-15(20)23-11-14(19)17-12-6-8-13(9-7-12)24(21,22)18(4)5/h6-9H,10-11H2,1-5H3,(H,17,19). The molecule has 0 aromatic heterocycles. The van der Waals surface area contributed by atoms with Crippen LogP contribution in [-0.4, -0.2) is 45.3 Å². The number of carbonyl (C=O) groups excluding carboxylic acids is 2. The number of ether oxygens (including phenoxy) is 1. The molecular formula is C16H24N2O5S. The highest BCUT2D eigenvalue weighted by atomic mass is 32.2. The third kappa shape index (κ3) is 6.29. The Hall–Kier alpha value is -1.93. The van der Waals surface area contributed by atoms with Gasteiger partial charge in [-0.3, -0.25) is 9.59 Å². The van der Waals surface area contributed by atoms with Crippen molar-refractivity contribution in [2.75, 3.05) is 26.0 Å². The van der Waals surface area contributed by atoms with Crippen molar-refractivity contribution in [3.8, 4) is 0 Å². The average molecular weight is 356 g/mol. The quantitative estimate of drug-likeness (QED) is 0.785. The van der Waals surface area contributed by atoms with Gasteiger partial charge < -0.3 is 10.1 Å². The lowest BCUT2D eigenvalue weighted by molar-refractivity contribution is -0.149. The maximum Gasteiger partial charge on any atom is 0.306 e. The van der Waals surface area contributed by atoms with E-state index < -0.39 is 21.9 Å². The summed E-state index contributed by atoms with van der Waals surface area (Å²) in [5.41, 5.74) is 0.214. The van der Waals surface area contributed by atoms with Gasteiger partial charge in [0.15, 0.2) is 6.61 Å². The number of carbonyl (C=O) groups is 2. The third-order valence-electron chi connectivity index (χ3n) is 2.96. The SMILES string of the molecule is CN(C)S(=O)(=O)c1ccc(NC(=O)COC(=O)CC(C)(C)C)cc1. The summed E-state index contributed by atoms with van der Waals surface area (Å²) < 4.78 is 29.9. The minimum Gasteiger partial charge on any atom is -0.456 e. The lowest BCUT2D eigenvalue weighted by Crippen LogP contribution is -2.23. The average Bonchev–Trinajstić information content (AvgIpc) is 2.44. The molecule has 1 amide bonds. The molecule has 1 aromatic rings. The van der Waals surface area contributed by atoms with E-state index in [1.165, 1.54) is 38.4 Å². The van der Waals surface area contributed by atoms with Crippen LogP contribution in [0.1, 0.15) is 27.2 Å². The smallest absolute Gasteiger partial charge is 0.306 e. The second kappa shape index (κ2) is 7.76. The van der Waals surface area contributed by atoms with E-state index in [0.717, 1.165) is 4.31 Å². The second-order valence-electron chi connectivity index (χ2n) is 6.76. The van der Waals surface area contributed by atoms with Crippen molar-refractivity contribution in [1.82, 2.24) is 4.31 Å². The molecule has 0 saturated heterocycles. The van der Waals surface area contributed by atoms with E-state index in [1.807, 2.05) is 20.8 Å². The number of anilines is 1. The summed E-state index contributed by atoms with van der Waals surface area (Å²) in [5.74, 6) is -0.925. The van der Waals surface area contributed by atoms with Crippen LogP contribution < -0.4 is 5.32 Å². The number of rotatable bonds is 6. The number of nitrogens with one attached hydrogen (secondary N) is 1. The van der Waals surface area contributed by atoms with Gasteiger partial charge in [-0.1, -0.05) is 20.8 Å². The van der Waals surface area contributed by atoms with Crippen molar-refractivity contribution in [3.63, 3.8) is 0 Å². The van der Waals surface area contributed by atoms with Crippen molar-refractivity contribution in [1.29, 1.82) is 0 Å². The number of esters is 1. The summed E-state index contributed by atoms with van der Waals surface area (Å²) in [6, 6.07) is 5.75. The number of nitrogens with zero attached hydrogens (tertiary/aromatic N) is 1. The molecule has 0 bridgehead atoms. The molecule has 1 aromatic carbocycles. The second-order valence-corrected chi connectivity index (χ2v) is 8.91. The molecule has 0 aliphatic heterocycles. The summed E-state index contributed by atoms with van der Waals surface area (Å²) >= 11 is 0. The Morgan fingerprint density at radius 3 is 2.12 bits per heavy atom. The first-order chi connectivity index (χ1) is 10.9. The molecule has 0 fully saturated rings. The topological polar surface area (TPSA) is 92.8 Å². The molecule has 8 heteroatoms. The molecular weight excluding hydrogens is 332 g/mol. The highest BCUT2D eigenvalue weighted by molar-refractivity contribution is 7.89. The molecule has 134 valence electrons. The molecule has 0 atom stereocenters. The fraction of sp³-hybridized carbons (Fsp3) is 0.500. The molecule has 0 aliphatic rings. The first-order valence-electron chi connectivity index (χ1n) is 7.40. The molecule has 7 nitrogen and oxygen atoms in total. The summed E-state index contributed by atoms with van der Waals surface area (Å²) in [6.07, 6.45) is 0.220. The maximum atomic E-state index is 11.9. The van der Waals surface area contributed by atoms with Gasteiger partial charge in [0.25, 0.3) is 5.91 Å². The van der Waals surface area contributed by atoms with Crippen LogP contribution in [0.5, 0.6) is 0 Å². The van der Waals surface area contributed by atoms with Gasteiger partial charge in [-0.05, 0) is 29.7 Å². The van der Waals surface area contributed by atoms with Crippen LogP contribution in [0.2, 0.25) is 0 Å². The zero-order chi connectivity index (χ0) is 18.5. The predicted molar refractivity (Wildman–Crippen MR) is 91.0 cm³/mol. The highest BCUT2D eigenvalue weighted by Gasteiger charge is 2.19. The third-order valence-corrected chi connectivity index (χ3v) is 4.78. The molecule has 0 saturated carbocycles. The van der Waals surface area contributed by atoms with Gasteiger partial charge in [0, 0.05) is 19.8 Å². The number of benzene rings is 1. The number of hydrogen-bond acceptors (Lipinski definition) is 5. The normalized spacial score (nSPS) is 12.1. The van der Waals surface area contributed by atoms with Gasteiger partial charge in [0.2, 0.25) is 10.0 Å². The molecule has 0 spiro atoms. The number of hydrogen-bond donors (Lipinski definition) is 1. The highest BCUT2D eigenvalue weighted by Crippen LogP contribution is 2.19. The Balaban J connectivity index is 2.58. The van der Waals surface area contributed by atoms with Crippen LogP contribution in [0.4, 0.5) is 5.69 Å². The molecule has 0 radical (unpaired) electrons. The zero-order valence-corrected chi connectivity index (χ0v) is 15.4. The van der Waals surface area contributed by atoms with Gasteiger partial charge in [-0.15, -0.1) is 0 Å². The van der Waals surface area contributed by atoms with Gasteiger partial charge >= 0.3 is 5.97 Å². The Bertz CT molecular complexity index is 688. The molecule has 1 N–H and O–H groups in total. The van der Waals surface area contributed by atoms with Gasteiger partial charge in [-0.25, -0.2) is 12.7 Å². The Labute approximate surface area is 143 Å². The van der Waals surface area contributed by atoms with Crippen LogP contribution >= 0.6 is 0 Å². The zero-order valence-electron chi connectivity index (χ0n) is 14.6. The summed E-state index contributed by atoms with van der Waals surface area (Å²) in [6.45, 7) is 5.32.